The Balaban J connectivity index is 1.71. The van der Waals surface area contributed by atoms with E-state index >= 15 is 0 Å². The first-order chi connectivity index (χ1) is 9.40. The molecule has 4 heteroatoms. The predicted octanol–water partition coefficient (Wildman–Crippen LogP) is 3.37. The maximum absolute atomic E-state index is 4.56. The van der Waals surface area contributed by atoms with Crippen molar-refractivity contribution in [3.05, 3.63) is 42.4 Å². The van der Waals surface area contributed by atoms with E-state index in [2.05, 4.69) is 45.6 Å². The Morgan fingerprint density at radius 1 is 1.26 bits per heavy atom. The molecule has 1 saturated heterocycles. The second-order valence-electron chi connectivity index (χ2n) is 5.02. The van der Waals surface area contributed by atoms with E-state index < -0.39 is 0 Å². The molecule has 0 amide bonds. The summed E-state index contributed by atoms with van der Waals surface area (Å²) in [6, 6.07) is 10.7. The van der Waals surface area contributed by atoms with Gasteiger partial charge in [0.2, 0.25) is 0 Å². The van der Waals surface area contributed by atoms with E-state index in [0.29, 0.717) is 5.92 Å². The van der Waals surface area contributed by atoms with Crippen LogP contribution in [0.15, 0.2) is 36.5 Å². The maximum Gasteiger partial charge on any atom is 0.110 e. The molecule has 2 aromatic heterocycles. The predicted molar refractivity (Wildman–Crippen MR) is 79.6 cm³/mol. The standard InChI is InChI=1S/C15H15N3S/c1-2-4-13-10(3-1)7-14(19-13)12-9-17-15(18-12)11-5-6-16-8-11/h1-4,7,9,11,16H,5-6,8H2,(H,17,18). The Labute approximate surface area is 115 Å². The Kier molecular flexibility index (Phi) is 2.64. The van der Waals surface area contributed by atoms with Gasteiger partial charge in [0, 0.05) is 17.2 Å². The van der Waals surface area contributed by atoms with Crippen molar-refractivity contribution < 1.29 is 0 Å². The Bertz CT molecular complexity index is 674. The second kappa shape index (κ2) is 4.47. The molecule has 96 valence electrons. The Hall–Kier alpha value is -1.65. The molecule has 0 saturated carbocycles. The molecule has 3 nitrogen and oxygen atoms in total. The van der Waals surface area contributed by atoms with E-state index in [0.717, 1.165) is 24.6 Å². The van der Waals surface area contributed by atoms with E-state index in [-0.39, 0.29) is 0 Å². The molecule has 0 aliphatic carbocycles. The fourth-order valence-electron chi connectivity index (χ4n) is 2.67. The lowest BCUT2D eigenvalue weighted by molar-refractivity contribution is 0.715. The first-order valence-corrected chi connectivity index (χ1v) is 7.46. The van der Waals surface area contributed by atoms with Crippen LogP contribution < -0.4 is 5.32 Å². The molecule has 1 aliphatic rings. The molecular weight excluding hydrogens is 254 g/mol. The van der Waals surface area contributed by atoms with Crippen molar-refractivity contribution in [1.29, 1.82) is 0 Å². The molecule has 2 N–H and O–H groups in total. The zero-order valence-electron chi connectivity index (χ0n) is 10.5. The van der Waals surface area contributed by atoms with Gasteiger partial charge in [-0.2, -0.15) is 0 Å². The summed E-state index contributed by atoms with van der Waals surface area (Å²) in [6.45, 7) is 2.14. The molecule has 3 heterocycles. The van der Waals surface area contributed by atoms with Gasteiger partial charge in [0.25, 0.3) is 0 Å². The van der Waals surface area contributed by atoms with Crippen molar-refractivity contribution in [3.63, 3.8) is 0 Å². The summed E-state index contributed by atoms with van der Waals surface area (Å²) < 4.78 is 1.33. The van der Waals surface area contributed by atoms with Crippen LogP contribution in [0.3, 0.4) is 0 Å². The minimum atomic E-state index is 0.545. The number of nitrogens with zero attached hydrogens (tertiary/aromatic N) is 1. The number of aromatic nitrogens is 2. The molecule has 0 bridgehead atoms. The van der Waals surface area contributed by atoms with Crippen molar-refractivity contribution in [2.75, 3.05) is 13.1 Å². The number of aromatic amines is 1. The number of rotatable bonds is 2. The molecule has 4 rings (SSSR count). The fourth-order valence-corrected chi connectivity index (χ4v) is 3.70. The lowest BCUT2D eigenvalue weighted by Gasteiger charge is -2.02. The maximum atomic E-state index is 4.56. The number of thiophene rings is 1. The van der Waals surface area contributed by atoms with Gasteiger partial charge >= 0.3 is 0 Å². The largest absolute Gasteiger partial charge is 0.341 e. The van der Waals surface area contributed by atoms with Gasteiger partial charge in [-0.1, -0.05) is 18.2 Å². The average molecular weight is 269 g/mol. The number of benzene rings is 1. The summed E-state index contributed by atoms with van der Waals surface area (Å²) in [5, 5.41) is 4.69. The number of nitrogens with one attached hydrogen (secondary N) is 2. The van der Waals surface area contributed by atoms with Crippen LogP contribution in [0.25, 0.3) is 20.7 Å². The molecule has 0 spiro atoms. The molecule has 19 heavy (non-hydrogen) atoms. The Morgan fingerprint density at radius 2 is 2.21 bits per heavy atom. The van der Waals surface area contributed by atoms with Gasteiger partial charge < -0.3 is 10.3 Å². The highest BCUT2D eigenvalue weighted by atomic mass is 32.1. The Morgan fingerprint density at radius 3 is 3.05 bits per heavy atom. The zero-order chi connectivity index (χ0) is 12.7. The first-order valence-electron chi connectivity index (χ1n) is 6.65. The quantitative estimate of drug-likeness (QED) is 0.749. The normalized spacial score (nSPS) is 19.3. The van der Waals surface area contributed by atoms with Crippen LogP contribution >= 0.6 is 11.3 Å². The smallest absolute Gasteiger partial charge is 0.110 e. The monoisotopic (exact) mass is 269 g/mol. The number of hydrogen-bond donors (Lipinski definition) is 2. The molecule has 0 radical (unpaired) electrons. The molecular formula is C15H15N3S. The molecule has 1 aliphatic heterocycles. The van der Waals surface area contributed by atoms with Gasteiger partial charge in [-0.3, -0.25) is 0 Å². The third kappa shape index (κ3) is 1.97. The van der Waals surface area contributed by atoms with Gasteiger partial charge in [-0.15, -0.1) is 11.3 Å². The van der Waals surface area contributed by atoms with Crippen molar-refractivity contribution in [3.8, 4) is 10.6 Å². The first kappa shape index (κ1) is 11.2. The lowest BCUT2D eigenvalue weighted by atomic mass is 10.1. The fraction of sp³-hybridized carbons (Fsp3) is 0.267. The van der Waals surface area contributed by atoms with Crippen LogP contribution in [-0.2, 0) is 0 Å². The van der Waals surface area contributed by atoms with Crippen LogP contribution in [0.2, 0.25) is 0 Å². The van der Waals surface area contributed by atoms with E-state index in [1.54, 1.807) is 0 Å². The van der Waals surface area contributed by atoms with Gasteiger partial charge in [0.1, 0.15) is 5.82 Å². The van der Waals surface area contributed by atoms with E-state index in [9.17, 15) is 0 Å². The van der Waals surface area contributed by atoms with Crippen LogP contribution in [0.4, 0.5) is 0 Å². The minimum Gasteiger partial charge on any atom is -0.341 e. The summed E-state index contributed by atoms with van der Waals surface area (Å²) in [4.78, 5) is 9.32. The van der Waals surface area contributed by atoms with E-state index in [1.165, 1.54) is 21.4 Å². The number of imidazole rings is 1. The van der Waals surface area contributed by atoms with Gasteiger partial charge in [0.05, 0.1) is 16.8 Å². The highest BCUT2D eigenvalue weighted by Gasteiger charge is 2.19. The third-order valence-corrected chi connectivity index (χ3v) is 4.88. The second-order valence-corrected chi connectivity index (χ2v) is 6.10. The third-order valence-electron chi connectivity index (χ3n) is 3.73. The van der Waals surface area contributed by atoms with Gasteiger partial charge in [-0.05, 0) is 30.5 Å². The number of H-pyrrole nitrogens is 1. The van der Waals surface area contributed by atoms with Gasteiger partial charge in [-0.25, -0.2) is 4.98 Å². The number of hydrogen-bond acceptors (Lipinski definition) is 3. The highest BCUT2D eigenvalue weighted by Crippen LogP contribution is 2.33. The number of fused-ring (bicyclic) bond motifs is 1. The summed E-state index contributed by atoms with van der Waals surface area (Å²) in [5.41, 5.74) is 1.14. The van der Waals surface area contributed by atoms with Crippen molar-refractivity contribution in [2.24, 2.45) is 0 Å². The molecule has 3 aromatic rings. The summed E-state index contributed by atoms with van der Waals surface area (Å²) >= 11 is 1.82. The topological polar surface area (TPSA) is 40.7 Å². The summed E-state index contributed by atoms with van der Waals surface area (Å²) in [7, 11) is 0. The highest BCUT2D eigenvalue weighted by molar-refractivity contribution is 7.22. The van der Waals surface area contributed by atoms with Crippen LogP contribution in [0.1, 0.15) is 18.2 Å². The minimum absolute atomic E-state index is 0.545. The van der Waals surface area contributed by atoms with Crippen LogP contribution in [0.5, 0.6) is 0 Å². The summed E-state index contributed by atoms with van der Waals surface area (Å²) in [6.07, 6.45) is 3.15. The van der Waals surface area contributed by atoms with Crippen LogP contribution in [-0.4, -0.2) is 23.1 Å². The molecule has 1 atom stereocenters. The molecule has 1 aromatic carbocycles. The van der Waals surface area contributed by atoms with Gasteiger partial charge in [0.15, 0.2) is 0 Å². The SMILES string of the molecule is c1ccc2sc(-c3cnc(C4CCNC4)[nH]3)cc2c1. The summed E-state index contributed by atoms with van der Waals surface area (Å²) in [5.74, 6) is 1.67. The van der Waals surface area contributed by atoms with E-state index in [4.69, 9.17) is 0 Å². The average Bonchev–Trinajstić information content (AvgIpc) is 3.17. The van der Waals surface area contributed by atoms with Crippen LogP contribution in [0, 0.1) is 0 Å². The van der Waals surface area contributed by atoms with Crippen molar-refractivity contribution >= 4 is 21.4 Å². The molecule has 1 fully saturated rings. The zero-order valence-corrected chi connectivity index (χ0v) is 11.3. The van der Waals surface area contributed by atoms with Crippen molar-refractivity contribution in [2.45, 2.75) is 12.3 Å². The molecule has 1 unspecified atom stereocenters. The van der Waals surface area contributed by atoms with E-state index in [1.807, 2.05) is 17.5 Å². The lowest BCUT2D eigenvalue weighted by Crippen LogP contribution is -2.08. The van der Waals surface area contributed by atoms with Crippen molar-refractivity contribution in [1.82, 2.24) is 15.3 Å².